The van der Waals surface area contributed by atoms with Gasteiger partial charge in [0.2, 0.25) is 15.9 Å². The number of esters is 1. The van der Waals surface area contributed by atoms with Crippen LogP contribution in [0, 0.1) is 0 Å². The summed E-state index contributed by atoms with van der Waals surface area (Å²) < 4.78 is 37.4. The van der Waals surface area contributed by atoms with Crippen molar-refractivity contribution in [1.29, 1.82) is 0 Å². The first-order chi connectivity index (χ1) is 14.0. The van der Waals surface area contributed by atoms with E-state index in [1.807, 2.05) is 30.3 Å². The van der Waals surface area contributed by atoms with E-state index in [1.54, 1.807) is 20.0 Å². The highest BCUT2D eigenvalue weighted by atomic mass is 32.2. The van der Waals surface area contributed by atoms with Crippen LogP contribution in [-0.4, -0.2) is 36.8 Å². The van der Waals surface area contributed by atoms with E-state index in [4.69, 9.17) is 9.15 Å². The first-order valence-corrected chi connectivity index (χ1v) is 10.7. The summed E-state index contributed by atoms with van der Waals surface area (Å²) in [6.07, 6.45) is 1.57. The Bertz CT molecular complexity index is 1070. The molecule has 0 aliphatic rings. The average Bonchev–Trinajstić information content (AvgIpc) is 3.22. The van der Waals surface area contributed by atoms with Crippen molar-refractivity contribution in [1.82, 2.24) is 9.29 Å². The van der Waals surface area contributed by atoms with Gasteiger partial charge in [0, 0.05) is 18.7 Å². The van der Waals surface area contributed by atoms with Crippen molar-refractivity contribution in [3.8, 4) is 11.3 Å². The van der Waals surface area contributed by atoms with Crippen LogP contribution in [-0.2, 0) is 21.4 Å². The summed E-state index contributed by atoms with van der Waals surface area (Å²) in [6, 6.07) is 15.3. The predicted molar refractivity (Wildman–Crippen MR) is 108 cm³/mol. The van der Waals surface area contributed by atoms with Gasteiger partial charge in [-0.25, -0.2) is 18.2 Å². The third-order valence-corrected chi connectivity index (χ3v) is 6.40. The molecule has 0 bridgehead atoms. The van der Waals surface area contributed by atoms with Crippen LogP contribution in [0.25, 0.3) is 11.3 Å². The SMILES string of the molecule is CCN(CC)S(=O)(=O)c1cccc(C(=O)OCc2ncc(-c3ccccc3)o2)c1. The minimum absolute atomic E-state index is 0.0538. The van der Waals surface area contributed by atoms with E-state index in [1.165, 1.54) is 28.6 Å². The summed E-state index contributed by atoms with van der Waals surface area (Å²) in [4.78, 5) is 16.6. The zero-order valence-corrected chi connectivity index (χ0v) is 17.1. The molecule has 0 aliphatic carbocycles. The molecule has 29 heavy (non-hydrogen) atoms. The molecule has 0 fully saturated rings. The molecule has 0 unspecified atom stereocenters. The molecule has 0 saturated heterocycles. The number of carbonyl (C=O) groups excluding carboxylic acids is 1. The van der Waals surface area contributed by atoms with Gasteiger partial charge in [0.15, 0.2) is 12.4 Å². The van der Waals surface area contributed by atoms with E-state index >= 15 is 0 Å². The largest absolute Gasteiger partial charge is 0.452 e. The predicted octanol–water partition coefficient (Wildman–Crippen LogP) is 3.73. The lowest BCUT2D eigenvalue weighted by molar-refractivity contribution is 0.0438. The molecular formula is C21H22N2O5S. The molecule has 0 amide bonds. The number of nitrogens with zero attached hydrogens (tertiary/aromatic N) is 2. The second kappa shape index (κ2) is 9.02. The van der Waals surface area contributed by atoms with Gasteiger partial charge in [-0.2, -0.15) is 4.31 Å². The second-order valence-electron chi connectivity index (χ2n) is 6.18. The van der Waals surface area contributed by atoms with E-state index in [2.05, 4.69) is 4.98 Å². The molecule has 3 aromatic rings. The Labute approximate surface area is 170 Å². The van der Waals surface area contributed by atoms with Crippen molar-refractivity contribution in [2.75, 3.05) is 13.1 Å². The van der Waals surface area contributed by atoms with E-state index in [0.29, 0.717) is 18.8 Å². The van der Waals surface area contributed by atoms with Crippen molar-refractivity contribution in [2.24, 2.45) is 0 Å². The summed E-state index contributed by atoms with van der Waals surface area (Å²) in [5.41, 5.74) is 1.01. The van der Waals surface area contributed by atoms with Crippen LogP contribution >= 0.6 is 0 Å². The fourth-order valence-corrected chi connectivity index (χ4v) is 4.32. The lowest BCUT2D eigenvalue weighted by Gasteiger charge is -2.18. The average molecular weight is 414 g/mol. The summed E-state index contributed by atoms with van der Waals surface area (Å²) in [7, 11) is -3.66. The molecule has 0 radical (unpaired) electrons. The van der Waals surface area contributed by atoms with Crippen molar-refractivity contribution in [3.05, 3.63) is 72.2 Å². The van der Waals surface area contributed by atoms with Crippen molar-refractivity contribution >= 4 is 16.0 Å². The second-order valence-corrected chi connectivity index (χ2v) is 8.12. The van der Waals surface area contributed by atoms with Gasteiger partial charge in [-0.15, -0.1) is 0 Å². The van der Waals surface area contributed by atoms with Gasteiger partial charge in [-0.1, -0.05) is 50.2 Å². The monoisotopic (exact) mass is 414 g/mol. The Balaban J connectivity index is 1.70. The van der Waals surface area contributed by atoms with Crippen LogP contribution in [0.15, 0.2) is 70.1 Å². The van der Waals surface area contributed by atoms with Gasteiger partial charge in [0.05, 0.1) is 16.7 Å². The summed E-state index contributed by atoms with van der Waals surface area (Å²) in [5.74, 6) is 0.175. The lowest BCUT2D eigenvalue weighted by atomic mass is 10.2. The third-order valence-electron chi connectivity index (χ3n) is 4.35. The first kappa shape index (κ1) is 20.8. The number of hydrogen-bond acceptors (Lipinski definition) is 6. The molecule has 0 spiro atoms. The van der Waals surface area contributed by atoms with Crippen molar-refractivity contribution in [3.63, 3.8) is 0 Å². The third kappa shape index (κ3) is 4.72. The molecular weight excluding hydrogens is 392 g/mol. The summed E-state index contributed by atoms with van der Waals surface area (Å²) in [5, 5.41) is 0. The molecule has 0 aliphatic heterocycles. The molecule has 1 heterocycles. The Morgan fingerprint density at radius 1 is 1.07 bits per heavy atom. The zero-order chi connectivity index (χ0) is 20.9. The van der Waals surface area contributed by atoms with Gasteiger partial charge >= 0.3 is 5.97 Å². The van der Waals surface area contributed by atoms with E-state index in [-0.39, 0.29) is 23.0 Å². The van der Waals surface area contributed by atoms with Gasteiger partial charge < -0.3 is 9.15 Å². The van der Waals surface area contributed by atoms with Crippen LogP contribution < -0.4 is 0 Å². The highest BCUT2D eigenvalue weighted by molar-refractivity contribution is 7.89. The summed E-state index contributed by atoms with van der Waals surface area (Å²) >= 11 is 0. The Morgan fingerprint density at radius 2 is 1.79 bits per heavy atom. The van der Waals surface area contributed by atoms with E-state index in [0.717, 1.165) is 5.56 Å². The fourth-order valence-electron chi connectivity index (χ4n) is 2.82. The molecule has 0 atom stereocenters. The fraction of sp³-hybridized carbons (Fsp3) is 0.238. The van der Waals surface area contributed by atoms with Gasteiger partial charge in [-0.05, 0) is 18.2 Å². The van der Waals surface area contributed by atoms with Gasteiger partial charge in [-0.3, -0.25) is 0 Å². The first-order valence-electron chi connectivity index (χ1n) is 9.23. The number of carbonyl (C=O) groups is 1. The van der Waals surface area contributed by atoms with E-state index in [9.17, 15) is 13.2 Å². The number of rotatable bonds is 8. The highest BCUT2D eigenvalue weighted by Gasteiger charge is 2.23. The number of oxazole rings is 1. The molecule has 1 aromatic heterocycles. The minimum Gasteiger partial charge on any atom is -0.452 e. The minimum atomic E-state index is -3.66. The Morgan fingerprint density at radius 3 is 2.48 bits per heavy atom. The van der Waals surface area contributed by atoms with Crippen LogP contribution in [0.3, 0.4) is 0 Å². The van der Waals surface area contributed by atoms with Crippen LogP contribution in [0.4, 0.5) is 0 Å². The maximum Gasteiger partial charge on any atom is 0.338 e. The normalized spacial score (nSPS) is 11.6. The molecule has 7 nitrogen and oxygen atoms in total. The highest BCUT2D eigenvalue weighted by Crippen LogP contribution is 2.21. The van der Waals surface area contributed by atoms with Crippen molar-refractivity contribution in [2.45, 2.75) is 25.3 Å². The number of hydrogen-bond donors (Lipinski definition) is 0. The molecule has 152 valence electrons. The standard InChI is InChI=1S/C21H22N2O5S/c1-3-23(4-2)29(25,26)18-12-8-11-17(13-18)21(24)27-15-20-22-14-19(28-20)16-9-6-5-7-10-16/h5-14H,3-4,15H2,1-2H3. The molecule has 3 rings (SSSR count). The molecule has 2 aromatic carbocycles. The number of ether oxygens (including phenoxy) is 1. The van der Waals surface area contributed by atoms with E-state index < -0.39 is 16.0 Å². The number of sulfonamides is 1. The molecule has 8 heteroatoms. The number of benzene rings is 2. The number of aromatic nitrogens is 1. The van der Waals surface area contributed by atoms with Crippen LogP contribution in [0.1, 0.15) is 30.1 Å². The smallest absolute Gasteiger partial charge is 0.338 e. The topological polar surface area (TPSA) is 89.7 Å². The maximum atomic E-state index is 12.6. The Hall–Kier alpha value is -2.97. The zero-order valence-electron chi connectivity index (χ0n) is 16.2. The van der Waals surface area contributed by atoms with Crippen LogP contribution in [0.5, 0.6) is 0 Å². The Kier molecular flexibility index (Phi) is 6.46. The van der Waals surface area contributed by atoms with Gasteiger partial charge in [0.25, 0.3) is 0 Å². The quantitative estimate of drug-likeness (QED) is 0.522. The molecule has 0 N–H and O–H groups in total. The summed E-state index contributed by atoms with van der Waals surface area (Å²) in [6.45, 7) is 4.07. The van der Waals surface area contributed by atoms with Crippen LogP contribution in [0.2, 0.25) is 0 Å². The molecule has 0 saturated carbocycles. The lowest BCUT2D eigenvalue weighted by Crippen LogP contribution is -2.30. The maximum absolute atomic E-state index is 12.6. The van der Waals surface area contributed by atoms with Crippen molar-refractivity contribution < 1.29 is 22.4 Å². The van der Waals surface area contributed by atoms with Gasteiger partial charge in [0.1, 0.15) is 0 Å².